The SMILES string of the molecule is COCCNC(=O)[C@H]1CC[C@H](c2cccc(C)c2)N(C(=O)c2ccc(Cl)cc2)C1. The molecule has 2 amide bonds. The molecule has 6 heteroatoms. The Balaban J connectivity index is 1.84. The lowest BCUT2D eigenvalue weighted by Crippen LogP contribution is -2.47. The minimum absolute atomic E-state index is 0.0290. The van der Waals surface area contributed by atoms with E-state index in [1.807, 2.05) is 24.0 Å². The predicted octanol–water partition coefficient (Wildman–Crippen LogP) is 4.00. The Kier molecular flexibility index (Phi) is 7.29. The number of nitrogens with zero attached hydrogens (tertiary/aromatic N) is 1. The van der Waals surface area contributed by atoms with Crippen LogP contribution in [0.3, 0.4) is 0 Å². The summed E-state index contributed by atoms with van der Waals surface area (Å²) in [6, 6.07) is 15.1. The molecule has 0 radical (unpaired) electrons. The van der Waals surface area contributed by atoms with Crippen LogP contribution in [0.4, 0.5) is 0 Å². The maximum absolute atomic E-state index is 13.3. The third-order valence-electron chi connectivity index (χ3n) is 5.34. The van der Waals surface area contributed by atoms with Gasteiger partial charge in [-0.2, -0.15) is 0 Å². The van der Waals surface area contributed by atoms with Crippen molar-refractivity contribution in [1.29, 1.82) is 0 Å². The van der Waals surface area contributed by atoms with Gasteiger partial charge in [-0.05, 0) is 49.6 Å². The molecule has 1 N–H and O–H groups in total. The zero-order valence-electron chi connectivity index (χ0n) is 16.9. The van der Waals surface area contributed by atoms with Crippen LogP contribution in [0.25, 0.3) is 0 Å². The molecule has 1 heterocycles. The molecule has 0 aromatic heterocycles. The number of rotatable bonds is 6. The fourth-order valence-electron chi connectivity index (χ4n) is 3.81. The number of hydrogen-bond donors (Lipinski definition) is 1. The van der Waals surface area contributed by atoms with Crippen LogP contribution >= 0.6 is 11.6 Å². The van der Waals surface area contributed by atoms with E-state index >= 15 is 0 Å². The van der Waals surface area contributed by atoms with Gasteiger partial charge in [-0.3, -0.25) is 9.59 Å². The first-order chi connectivity index (χ1) is 14.0. The molecule has 1 aliphatic heterocycles. The van der Waals surface area contributed by atoms with Gasteiger partial charge in [0.15, 0.2) is 0 Å². The van der Waals surface area contributed by atoms with Crippen molar-refractivity contribution in [1.82, 2.24) is 10.2 Å². The Morgan fingerprint density at radius 1 is 1.17 bits per heavy atom. The van der Waals surface area contributed by atoms with Gasteiger partial charge in [0, 0.05) is 30.8 Å². The van der Waals surface area contributed by atoms with Crippen molar-refractivity contribution >= 4 is 23.4 Å². The van der Waals surface area contributed by atoms with Gasteiger partial charge in [-0.15, -0.1) is 0 Å². The van der Waals surface area contributed by atoms with Crippen LogP contribution in [-0.2, 0) is 9.53 Å². The first-order valence-corrected chi connectivity index (χ1v) is 10.3. The summed E-state index contributed by atoms with van der Waals surface area (Å²) in [6.07, 6.45) is 1.48. The second-order valence-electron chi connectivity index (χ2n) is 7.45. The average molecular weight is 415 g/mol. The Morgan fingerprint density at radius 3 is 2.62 bits per heavy atom. The molecule has 1 saturated heterocycles. The number of amides is 2. The molecule has 1 fully saturated rings. The first-order valence-electron chi connectivity index (χ1n) is 9.89. The highest BCUT2D eigenvalue weighted by molar-refractivity contribution is 6.30. The Hall–Kier alpha value is -2.37. The zero-order chi connectivity index (χ0) is 20.8. The number of nitrogens with one attached hydrogen (secondary N) is 1. The molecule has 0 spiro atoms. The number of carbonyl (C=O) groups excluding carboxylic acids is 2. The normalized spacial score (nSPS) is 19.1. The average Bonchev–Trinajstić information content (AvgIpc) is 2.73. The molecule has 0 aliphatic carbocycles. The van der Waals surface area contributed by atoms with Gasteiger partial charge >= 0.3 is 0 Å². The number of piperidine rings is 1. The number of likely N-dealkylation sites (tertiary alicyclic amines) is 1. The van der Waals surface area contributed by atoms with Crippen LogP contribution in [0.2, 0.25) is 5.02 Å². The Morgan fingerprint density at radius 2 is 1.93 bits per heavy atom. The number of halogens is 1. The molecular formula is C23H27ClN2O3. The van der Waals surface area contributed by atoms with Gasteiger partial charge in [0.2, 0.25) is 5.91 Å². The summed E-state index contributed by atoms with van der Waals surface area (Å²) >= 11 is 5.98. The van der Waals surface area contributed by atoms with E-state index in [0.29, 0.717) is 30.3 Å². The van der Waals surface area contributed by atoms with E-state index in [-0.39, 0.29) is 23.8 Å². The molecule has 0 bridgehead atoms. The first kappa shape index (κ1) is 21.3. The second kappa shape index (κ2) is 9.90. The van der Waals surface area contributed by atoms with Gasteiger partial charge in [0.05, 0.1) is 18.6 Å². The van der Waals surface area contributed by atoms with Crippen molar-refractivity contribution in [3.05, 3.63) is 70.2 Å². The number of ether oxygens (including phenoxy) is 1. The van der Waals surface area contributed by atoms with Crippen molar-refractivity contribution in [3.8, 4) is 0 Å². The highest BCUT2D eigenvalue weighted by atomic mass is 35.5. The van der Waals surface area contributed by atoms with Gasteiger partial charge in [-0.25, -0.2) is 0 Å². The lowest BCUT2D eigenvalue weighted by molar-refractivity contribution is -0.127. The molecule has 0 unspecified atom stereocenters. The molecule has 154 valence electrons. The molecule has 2 aromatic rings. The van der Waals surface area contributed by atoms with Crippen LogP contribution in [-0.4, -0.2) is 43.5 Å². The van der Waals surface area contributed by atoms with Crippen molar-refractivity contribution in [3.63, 3.8) is 0 Å². The fourth-order valence-corrected chi connectivity index (χ4v) is 3.94. The van der Waals surface area contributed by atoms with Crippen LogP contribution in [0.5, 0.6) is 0 Å². The van der Waals surface area contributed by atoms with Crippen molar-refractivity contribution < 1.29 is 14.3 Å². The number of methoxy groups -OCH3 is 1. The monoisotopic (exact) mass is 414 g/mol. The molecule has 1 aliphatic rings. The highest BCUT2D eigenvalue weighted by Gasteiger charge is 2.35. The molecule has 29 heavy (non-hydrogen) atoms. The Labute approximate surface area is 177 Å². The lowest BCUT2D eigenvalue weighted by atomic mass is 9.87. The van der Waals surface area contributed by atoms with E-state index in [9.17, 15) is 9.59 Å². The molecule has 0 saturated carbocycles. The number of carbonyl (C=O) groups is 2. The smallest absolute Gasteiger partial charge is 0.254 e. The molecular weight excluding hydrogens is 388 g/mol. The van der Waals surface area contributed by atoms with Crippen LogP contribution in [0.15, 0.2) is 48.5 Å². The van der Waals surface area contributed by atoms with Gasteiger partial charge < -0.3 is 15.0 Å². The summed E-state index contributed by atoms with van der Waals surface area (Å²) in [5.74, 6) is -0.342. The van der Waals surface area contributed by atoms with Gasteiger partial charge in [0.1, 0.15) is 0 Å². The summed E-state index contributed by atoms with van der Waals surface area (Å²) in [5.41, 5.74) is 2.83. The molecule has 2 aromatic carbocycles. The Bertz CT molecular complexity index is 853. The topological polar surface area (TPSA) is 58.6 Å². The van der Waals surface area contributed by atoms with Gasteiger partial charge in [-0.1, -0.05) is 41.4 Å². The number of hydrogen-bond acceptors (Lipinski definition) is 3. The molecule has 5 nitrogen and oxygen atoms in total. The lowest BCUT2D eigenvalue weighted by Gasteiger charge is -2.39. The summed E-state index contributed by atoms with van der Waals surface area (Å²) < 4.78 is 5.00. The third kappa shape index (κ3) is 5.37. The second-order valence-corrected chi connectivity index (χ2v) is 7.89. The number of benzene rings is 2. The zero-order valence-corrected chi connectivity index (χ0v) is 17.6. The maximum Gasteiger partial charge on any atom is 0.254 e. The van der Waals surface area contributed by atoms with Crippen LogP contribution < -0.4 is 5.32 Å². The van der Waals surface area contributed by atoms with Gasteiger partial charge in [0.25, 0.3) is 5.91 Å². The summed E-state index contributed by atoms with van der Waals surface area (Å²) in [7, 11) is 1.60. The molecule has 2 atom stereocenters. The number of aryl methyl sites for hydroxylation is 1. The van der Waals surface area contributed by atoms with E-state index < -0.39 is 0 Å². The minimum Gasteiger partial charge on any atom is -0.383 e. The van der Waals surface area contributed by atoms with Crippen molar-refractivity contribution in [2.75, 3.05) is 26.8 Å². The van der Waals surface area contributed by atoms with E-state index in [2.05, 4.69) is 17.4 Å². The van der Waals surface area contributed by atoms with E-state index in [1.165, 1.54) is 0 Å². The minimum atomic E-state index is -0.232. The van der Waals surface area contributed by atoms with E-state index in [1.54, 1.807) is 31.4 Å². The van der Waals surface area contributed by atoms with E-state index in [0.717, 1.165) is 24.0 Å². The van der Waals surface area contributed by atoms with Crippen LogP contribution in [0, 0.1) is 12.8 Å². The van der Waals surface area contributed by atoms with Crippen molar-refractivity contribution in [2.24, 2.45) is 5.92 Å². The molecule has 3 rings (SSSR count). The van der Waals surface area contributed by atoms with Crippen molar-refractivity contribution in [2.45, 2.75) is 25.8 Å². The standard InChI is InChI=1S/C23H27ClN2O3/c1-16-4-3-5-18(14-16)21-11-8-19(22(27)25-12-13-29-2)15-26(21)23(28)17-6-9-20(24)10-7-17/h3-7,9-10,14,19,21H,8,11-13,15H2,1-2H3,(H,25,27)/t19-,21+/m0/s1. The summed E-state index contributed by atoms with van der Waals surface area (Å²) in [5, 5.41) is 3.49. The predicted molar refractivity (Wildman–Crippen MR) is 114 cm³/mol. The largest absolute Gasteiger partial charge is 0.383 e. The van der Waals surface area contributed by atoms with E-state index in [4.69, 9.17) is 16.3 Å². The maximum atomic E-state index is 13.3. The summed E-state index contributed by atoms with van der Waals surface area (Å²) in [6.45, 7) is 3.37. The summed E-state index contributed by atoms with van der Waals surface area (Å²) in [4.78, 5) is 27.8. The quantitative estimate of drug-likeness (QED) is 0.726. The third-order valence-corrected chi connectivity index (χ3v) is 5.59. The fraction of sp³-hybridized carbons (Fsp3) is 0.391. The highest BCUT2D eigenvalue weighted by Crippen LogP contribution is 2.35. The van der Waals surface area contributed by atoms with Crippen LogP contribution in [0.1, 0.15) is 40.4 Å².